The van der Waals surface area contributed by atoms with Crippen LogP contribution in [0.25, 0.3) is 0 Å². The Morgan fingerprint density at radius 1 is 1.10 bits per heavy atom. The van der Waals surface area contributed by atoms with E-state index in [0.29, 0.717) is 19.0 Å². The number of para-hydroxylation sites is 1. The van der Waals surface area contributed by atoms with Gasteiger partial charge in [0, 0.05) is 26.1 Å². The molecule has 31 heavy (non-hydrogen) atoms. The van der Waals surface area contributed by atoms with E-state index >= 15 is 0 Å². The van der Waals surface area contributed by atoms with Crippen LogP contribution >= 0.6 is 24.0 Å². The topological polar surface area (TPSA) is 91.8 Å². The maximum atomic E-state index is 12.3. The van der Waals surface area contributed by atoms with Crippen LogP contribution in [0.5, 0.6) is 5.75 Å². The van der Waals surface area contributed by atoms with Gasteiger partial charge in [0.05, 0.1) is 12.3 Å². The first kappa shape index (κ1) is 25.4. The molecular weight excluding hydrogens is 527 g/mol. The molecule has 0 saturated heterocycles. The van der Waals surface area contributed by atoms with Crippen LogP contribution in [0.3, 0.4) is 0 Å². The van der Waals surface area contributed by atoms with Crippen LogP contribution in [0.1, 0.15) is 30.5 Å². The first-order valence-corrected chi connectivity index (χ1v) is 11.8. The predicted octanol–water partition coefficient (Wildman–Crippen LogP) is 2.80. The van der Waals surface area contributed by atoms with E-state index in [9.17, 15) is 8.42 Å². The molecule has 0 fully saturated rings. The number of benzene rings is 2. The quantitative estimate of drug-likeness (QED) is 0.264. The van der Waals surface area contributed by atoms with Crippen molar-refractivity contribution in [2.45, 2.75) is 44.7 Å². The molecule has 0 aromatic heterocycles. The molecule has 0 aliphatic carbocycles. The highest BCUT2D eigenvalue weighted by Crippen LogP contribution is 2.27. The number of nitrogens with zero attached hydrogens (tertiary/aromatic N) is 1. The zero-order valence-electron chi connectivity index (χ0n) is 18.1. The fraction of sp³-hybridized carbons (Fsp3) is 0.409. The second-order valence-electron chi connectivity index (χ2n) is 7.66. The molecule has 0 bridgehead atoms. The Morgan fingerprint density at radius 2 is 1.77 bits per heavy atom. The molecule has 0 spiro atoms. The van der Waals surface area contributed by atoms with Crippen LogP contribution in [-0.4, -0.2) is 40.1 Å². The lowest BCUT2D eigenvalue weighted by molar-refractivity contribution is 0.235. The maximum Gasteiger partial charge on any atom is 0.216 e. The van der Waals surface area contributed by atoms with Gasteiger partial charge in [-0.3, -0.25) is 4.99 Å². The van der Waals surface area contributed by atoms with Crippen LogP contribution in [0.2, 0.25) is 0 Å². The molecule has 7 nitrogen and oxygen atoms in total. The molecule has 3 rings (SSSR count). The number of nitrogens with one attached hydrogen (secondary N) is 3. The highest BCUT2D eigenvalue weighted by molar-refractivity contribution is 14.0. The number of hydrogen-bond donors (Lipinski definition) is 3. The number of fused-ring (bicyclic) bond motifs is 1. The second-order valence-corrected chi connectivity index (χ2v) is 9.41. The Kier molecular flexibility index (Phi) is 9.57. The van der Waals surface area contributed by atoms with Crippen molar-refractivity contribution in [2.75, 3.05) is 13.6 Å². The Balaban J connectivity index is 0.00000341. The van der Waals surface area contributed by atoms with Crippen LogP contribution in [0, 0.1) is 0 Å². The van der Waals surface area contributed by atoms with E-state index in [-0.39, 0.29) is 41.9 Å². The van der Waals surface area contributed by atoms with E-state index in [4.69, 9.17) is 4.74 Å². The van der Waals surface area contributed by atoms with Gasteiger partial charge in [0.15, 0.2) is 5.96 Å². The average molecular weight is 558 g/mol. The molecule has 1 aliphatic rings. The van der Waals surface area contributed by atoms with Crippen molar-refractivity contribution in [3.05, 3.63) is 65.2 Å². The van der Waals surface area contributed by atoms with Crippen molar-refractivity contribution in [1.82, 2.24) is 15.4 Å². The molecule has 170 valence electrons. The number of aliphatic imine (C=N–C) groups is 1. The van der Waals surface area contributed by atoms with Gasteiger partial charge in [0.1, 0.15) is 11.9 Å². The molecule has 0 saturated carbocycles. The summed E-state index contributed by atoms with van der Waals surface area (Å²) in [5, 5.41) is 6.56. The number of rotatable bonds is 8. The van der Waals surface area contributed by atoms with Crippen molar-refractivity contribution < 1.29 is 13.2 Å². The van der Waals surface area contributed by atoms with Gasteiger partial charge in [-0.05, 0) is 36.6 Å². The maximum absolute atomic E-state index is 12.3. The first-order valence-electron chi connectivity index (χ1n) is 10.1. The summed E-state index contributed by atoms with van der Waals surface area (Å²) in [5.41, 5.74) is 2.90. The minimum atomic E-state index is -3.39. The van der Waals surface area contributed by atoms with E-state index in [1.54, 1.807) is 7.05 Å². The smallest absolute Gasteiger partial charge is 0.216 e. The van der Waals surface area contributed by atoms with Crippen molar-refractivity contribution >= 4 is 40.0 Å². The number of halogens is 1. The van der Waals surface area contributed by atoms with E-state index in [2.05, 4.69) is 26.4 Å². The predicted molar refractivity (Wildman–Crippen MR) is 136 cm³/mol. The summed E-state index contributed by atoms with van der Waals surface area (Å²) in [6, 6.07) is 15.5. The standard InChI is InChI=1S/C22H30N4O3S.HI/c1-16(2)26-30(27,28)15-19-10-5-4-9-18(19)13-24-22(23-3)25-14-20-12-17-8-6-7-11-21(17)29-20;/h4-11,16,20,26H,12-15H2,1-3H3,(H2,23,24,25);1H. The minimum Gasteiger partial charge on any atom is -0.488 e. The lowest BCUT2D eigenvalue weighted by atomic mass is 10.1. The molecule has 2 aromatic carbocycles. The number of guanidine groups is 1. The second kappa shape index (κ2) is 11.7. The van der Waals surface area contributed by atoms with E-state index in [1.807, 2.05) is 56.3 Å². The van der Waals surface area contributed by atoms with E-state index in [0.717, 1.165) is 23.3 Å². The van der Waals surface area contributed by atoms with Crippen LogP contribution in [0.15, 0.2) is 53.5 Å². The monoisotopic (exact) mass is 558 g/mol. The molecule has 2 aromatic rings. The van der Waals surface area contributed by atoms with Gasteiger partial charge in [-0.25, -0.2) is 13.1 Å². The largest absolute Gasteiger partial charge is 0.488 e. The molecule has 0 amide bonds. The fourth-order valence-corrected chi connectivity index (χ4v) is 4.95. The number of sulfonamides is 1. The third-order valence-corrected chi connectivity index (χ3v) is 6.28. The molecule has 1 aliphatic heterocycles. The van der Waals surface area contributed by atoms with Crippen molar-refractivity contribution in [2.24, 2.45) is 4.99 Å². The van der Waals surface area contributed by atoms with Crippen molar-refractivity contribution in [3.63, 3.8) is 0 Å². The van der Waals surface area contributed by atoms with Crippen molar-refractivity contribution in [3.8, 4) is 5.75 Å². The third kappa shape index (κ3) is 7.65. The van der Waals surface area contributed by atoms with Crippen LogP contribution in [-0.2, 0) is 28.7 Å². The SMILES string of the molecule is CN=C(NCc1ccccc1CS(=O)(=O)NC(C)C)NCC1Cc2ccccc2O1.I. The summed E-state index contributed by atoms with van der Waals surface area (Å²) >= 11 is 0. The lowest BCUT2D eigenvalue weighted by Crippen LogP contribution is -2.42. The first-order chi connectivity index (χ1) is 14.4. The molecule has 0 radical (unpaired) electrons. The number of hydrogen-bond acceptors (Lipinski definition) is 4. The molecule has 1 unspecified atom stereocenters. The Labute approximate surface area is 202 Å². The van der Waals surface area contributed by atoms with E-state index < -0.39 is 10.0 Å². The minimum absolute atomic E-state index is 0. The fourth-order valence-electron chi connectivity index (χ4n) is 3.45. The summed E-state index contributed by atoms with van der Waals surface area (Å²) in [5.74, 6) is 1.54. The van der Waals surface area contributed by atoms with Gasteiger partial charge in [0.2, 0.25) is 10.0 Å². The van der Waals surface area contributed by atoms with Crippen LogP contribution in [0.4, 0.5) is 0 Å². The molecular formula is C22H31IN4O3S. The molecule has 9 heteroatoms. The molecule has 1 heterocycles. The van der Waals surface area contributed by atoms with Gasteiger partial charge in [-0.15, -0.1) is 24.0 Å². The highest BCUT2D eigenvalue weighted by atomic mass is 127. The van der Waals surface area contributed by atoms with Gasteiger partial charge < -0.3 is 15.4 Å². The van der Waals surface area contributed by atoms with Crippen LogP contribution < -0.4 is 20.1 Å². The third-order valence-electron chi connectivity index (χ3n) is 4.76. The van der Waals surface area contributed by atoms with Gasteiger partial charge >= 0.3 is 0 Å². The summed E-state index contributed by atoms with van der Waals surface area (Å²) < 4.78 is 33.2. The number of ether oxygens (including phenoxy) is 1. The van der Waals surface area contributed by atoms with Crippen molar-refractivity contribution in [1.29, 1.82) is 0 Å². The van der Waals surface area contributed by atoms with E-state index in [1.165, 1.54) is 5.56 Å². The summed E-state index contributed by atoms with van der Waals surface area (Å²) in [6.45, 7) is 4.72. The Hall–Kier alpha value is -1.85. The van der Waals surface area contributed by atoms with Gasteiger partial charge in [-0.1, -0.05) is 42.5 Å². The molecule has 3 N–H and O–H groups in total. The normalized spacial score (nSPS) is 15.7. The van der Waals surface area contributed by atoms with Gasteiger partial charge in [-0.2, -0.15) is 0 Å². The summed E-state index contributed by atoms with van der Waals surface area (Å²) in [7, 11) is -1.68. The lowest BCUT2D eigenvalue weighted by Gasteiger charge is -2.17. The summed E-state index contributed by atoms with van der Waals surface area (Å²) in [4.78, 5) is 4.27. The Morgan fingerprint density at radius 3 is 2.45 bits per heavy atom. The average Bonchev–Trinajstić information content (AvgIpc) is 3.11. The van der Waals surface area contributed by atoms with Gasteiger partial charge in [0.25, 0.3) is 0 Å². The highest BCUT2D eigenvalue weighted by Gasteiger charge is 2.22. The zero-order valence-corrected chi connectivity index (χ0v) is 21.2. The molecule has 1 atom stereocenters. The summed E-state index contributed by atoms with van der Waals surface area (Å²) in [6.07, 6.45) is 0.921. The Bertz CT molecular complexity index is 971. The zero-order chi connectivity index (χ0) is 21.6.